The van der Waals surface area contributed by atoms with E-state index in [-0.39, 0.29) is 0 Å². The van der Waals surface area contributed by atoms with E-state index in [0.717, 1.165) is 16.9 Å². The molecule has 90 valence electrons. The summed E-state index contributed by atoms with van der Waals surface area (Å²) in [5.74, 6) is 0. The fourth-order valence-corrected chi connectivity index (χ4v) is 1.73. The molecule has 0 saturated heterocycles. The molecule has 0 aliphatic carbocycles. The van der Waals surface area contributed by atoms with Crippen LogP contribution in [0.15, 0.2) is 36.4 Å². The maximum atomic E-state index is 9.14. The molecule has 2 aromatic rings. The quantitative estimate of drug-likeness (QED) is 0.702. The van der Waals surface area contributed by atoms with Crippen molar-refractivity contribution in [2.75, 3.05) is 16.8 Å². The van der Waals surface area contributed by atoms with E-state index < -0.39 is 0 Å². The summed E-state index contributed by atoms with van der Waals surface area (Å²) in [7, 11) is 0. The van der Waals surface area contributed by atoms with Crippen molar-refractivity contribution >= 4 is 22.7 Å². The Kier molecular flexibility index (Phi) is 3.07. The molecular formula is C14H14N4. The van der Waals surface area contributed by atoms with Gasteiger partial charge in [-0.1, -0.05) is 12.1 Å². The lowest BCUT2D eigenvalue weighted by atomic mass is 10.1. The smallest absolute Gasteiger partial charge is 0.102 e. The second kappa shape index (κ2) is 4.68. The topological polar surface area (TPSA) is 87.9 Å². The van der Waals surface area contributed by atoms with E-state index in [1.165, 1.54) is 0 Å². The van der Waals surface area contributed by atoms with Gasteiger partial charge in [0.15, 0.2) is 0 Å². The molecule has 4 heteroatoms. The van der Waals surface area contributed by atoms with E-state index in [4.69, 9.17) is 16.7 Å². The summed E-state index contributed by atoms with van der Waals surface area (Å²) in [6, 6.07) is 13.2. The number of aryl methyl sites for hydroxylation is 1. The standard InChI is InChI=1S/C14H14N4/c1-9-3-2-4-14(11(9)8-15)18-10-5-6-12(16)13(17)7-10/h2-7,18H,16-17H2,1H3. The van der Waals surface area contributed by atoms with E-state index in [1.807, 2.05) is 31.2 Å². The molecule has 0 spiro atoms. The molecule has 0 atom stereocenters. The van der Waals surface area contributed by atoms with Gasteiger partial charge in [-0.05, 0) is 36.8 Å². The van der Waals surface area contributed by atoms with Gasteiger partial charge in [0, 0.05) is 5.69 Å². The number of nitrogens with two attached hydrogens (primary N) is 2. The second-order valence-corrected chi connectivity index (χ2v) is 4.08. The third-order valence-electron chi connectivity index (χ3n) is 2.75. The van der Waals surface area contributed by atoms with Crippen molar-refractivity contribution in [3.63, 3.8) is 0 Å². The van der Waals surface area contributed by atoms with E-state index in [9.17, 15) is 0 Å². The van der Waals surface area contributed by atoms with Gasteiger partial charge in [-0.15, -0.1) is 0 Å². The van der Waals surface area contributed by atoms with Crippen LogP contribution in [0.2, 0.25) is 0 Å². The Morgan fingerprint density at radius 2 is 1.89 bits per heavy atom. The van der Waals surface area contributed by atoms with Crippen molar-refractivity contribution in [1.29, 1.82) is 5.26 Å². The molecule has 18 heavy (non-hydrogen) atoms. The molecule has 0 unspecified atom stereocenters. The van der Waals surface area contributed by atoms with Gasteiger partial charge in [-0.25, -0.2) is 0 Å². The molecular weight excluding hydrogens is 224 g/mol. The van der Waals surface area contributed by atoms with Crippen LogP contribution in [0.25, 0.3) is 0 Å². The van der Waals surface area contributed by atoms with E-state index in [0.29, 0.717) is 16.9 Å². The summed E-state index contributed by atoms with van der Waals surface area (Å²) in [6.07, 6.45) is 0. The molecule has 4 nitrogen and oxygen atoms in total. The number of nitrogen functional groups attached to an aromatic ring is 2. The van der Waals surface area contributed by atoms with Gasteiger partial charge >= 0.3 is 0 Å². The molecule has 2 rings (SSSR count). The highest BCUT2D eigenvalue weighted by Crippen LogP contribution is 2.26. The summed E-state index contributed by atoms with van der Waals surface area (Å²) in [4.78, 5) is 0. The molecule has 2 aromatic carbocycles. The Labute approximate surface area is 106 Å². The van der Waals surface area contributed by atoms with Crippen molar-refractivity contribution in [1.82, 2.24) is 0 Å². The Morgan fingerprint density at radius 1 is 1.11 bits per heavy atom. The summed E-state index contributed by atoms with van der Waals surface area (Å²) >= 11 is 0. The SMILES string of the molecule is Cc1cccc(Nc2ccc(N)c(N)c2)c1C#N. The number of nitriles is 1. The Hall–Kier alpha value is -2.67. The van der Waals surface area contributed by atoms with Crippen LogP contribution in [0.4, 0.5) is 22.7 Å². The lowest BCUT2D eigenvalue weighted by Crippen LogP contribution is -1.98. The van der Waals surface area contributed by atoms with Gasteiger partial charge in [-0.2, -0.15) is 5.26 Å². The van der Waals surface area contributed by atoms with Gasteiger partial charge in [0.1, 0.15) is 6.07 Å². The van der Waals surface area contributed by atoms with Crippen LogP contribution in [0.5, 0.6) is 0 Å². The number of anilines is 4. The fraction of sp³-hybridized carbons (Fsp3) is 0.0714. The number of rotatable bonds is 2. The molecule has 0 aliphatic heterocycles. The highest BCUT2D eigenvalue weighted by molar-refractivity contribution is 5.74. The maximum Gasteiger partial charge on any atom is 0.102 e. The highest BCUT2D eigenvalue weighted by Gasteiger charge is 2.05. The third-order valence-corrected chi connectivity index (χ3v) is 2.75. The summed E-state index contributed by atoms with van der Waals surface area (Å²) in [5, 5.41) is 12.3. The lowest BCUT2D eigenvalue weighted by Gasteiger charge is -2.11. The predicted octanol–water partition coefficient (Wildman–Crippen LogP) is 2.77. The average Bonchev–Trinajstić information content (AvgIpc) is 2.34. The largest absolute Gasteiger partial charge is 0.397 e. The molecule has 0 fully saturated rings. The minimum absolute atomic E-state index is 0.520. The third kappa shape index (κ3) is 2.20. The highest BCUT2D eigenvalue weighted by atomic mass is 14.9. The summed E-state index contributed by atoms with van der Waals surface area (Å²) < 4.78 is 0. The summed E-state index contributed by atoms with van der Waals surface area (Å²) in [6.45, 7) is 1.90. The minimum Gasteiger partial charge on any atom is -0.397 e. The van der Waals surface area contributed by atoms with Crippen molar-refractivity contribution < 1.29 is 0 Å². The minimum atomic E-state index is 0.520. The van der Waals surface area contributed by atoms with Gasteiger partial charge in [0.2, 0.25) is 0 Å². The van der Waals surface area contributed by atoms with Crippen LogP contribution in [0.3, 0.4) is 0 Å². The normalized spacial score (nSPS) is 9.78. The van der Waals surface area contributed by atoms with E-state index in [1.54, 1.807) is 12.1 Å². The monoisotopic (exact) mass is 238 g/mol. The Bertz CT molecular complexity index is 626. The van der Waals surface area contributed by atoms with Crippen molar-refractivity contribution in [2.45, 2.75) is 6.92 Å². The van der Waals surface area contributed by atoms with Gasteiger partial charge < -0.3 is 16.8 Å². The van der Waals surface area contributed by atoms with E-state index >= 15 is 0 Å². The first-order chi connectivity index (χ1) is 8.61. The first-order valence-electron chi connectivity index (χ1n) is 5.53. The first-order valence-corrected chi connectivity index (χ1v) is 5.53. The van der Waals surface area contributed by atoms with Crippen LogP contribution >= 0.6 is 0 Å². The van der Waals surface area contributed by atoms with Crippen LogP contribution in [-0.4, -0.2) is 0 Å². The zero-order chi connectivity index (χ0) is 13.1. The molecule has 0 radical (unpaired) electrons. The first kappa shape index (κ1) is 11.8. The molecule has 0 heterocycles. The van der Waals surface area contributed by atoms with Crippen LogP contribution in [0.1, 0.15) is 11.1 Å². The number of hydrogen-bond donors (Lipinski definition) is 3. The fourth-order valence-electron chi connectivity index (χ4n) is 1.73. The zero-order valence-corrected chi connectivity index (χ0v) is 10.1. The number of benzene rings is 2. The predicted molar refractivity (Wildman–Crippen MR) is 74.4 cm³/mol. The van der Waals surface area contributed by atoms with Crippen LogP contribution < -0.4 is 16.8 Å². The summed E-state index contributed by atoms with van der Waals surface area (Å²) in [5.41, 5.74) is 15.6. The Balaban J connectivity index is 2.37. The van der Waals surface area contributed by atoms with Crippen molar-refractivity contribution in [3.05, 3.63) is 47.5 Å². The average molecular weight is 238 g/mol. The molecule has 0 saturated carbocycles. The van der Waals surface area contributed by atoms with Gasteiger partial charge in [0.25, 0.3) is 0 Å². The number of nitrogens with zero attached hydrogens (tertiary/aromatic N) is 1. The second-order valence-electron chi connectivity index (χ2n) is 4.08. The van der Waals surface area contributed by atoms with Crippen LogP contribution in [0, 0.1) is 18.3 Å². The zero-order valence-electron chi connectivity index (χ0n) is 10.1. The number of nitrogens with one attached hydrogen (secondary N) is 1. The van der Waals surface area contributed by atoms with Gasteiger partial charge in [0.05, 0.1) is 22.6 Å². The van der Waals surface area contributed by atoms with E-state index in [2.05, 4.69) is 11.4 Å². The number of hydrogen-bond acceptors (Lipinski definition) is 4. The maximum absolute atomic E-state index is 9.14. The van der Waals surface area contributed by atoms with Crippen LogP contribution in [-0.2, 0) is 0 Å². The molecule has 0 amide bonds. The van der Waals surface area contributed by atoms with Crippen molar-refractivity contribution in [2.24, 2.45) is 0 Å². The molecule has 0 bridgehead atoms. The molecule has 0 aliphatic rings. The lowest BCUT2D eigenvalue weighted by molar-refractivity contribution is 1.38. The molecule has 0 aromatic heterocycles. The van der Waals surface area contributed by atoms with Crippen molar-refractivity contribution in [3.8, 4) is 6.07 Å². The Morgan fingerprint density at radius 3 is 2.56 bits per heavy atom. The van der Waals surface area contributed by atoms with Gasteiger partial charge in [-0.3, -0.25) is 0 Å². The molecule has 5 N–H and O–H groups in total.